The van der Waals surface area contributed by atoms with Crippen LogP contribution in [0.4, 0.5) is 0 Å². The van der Waals surface area contributed by atoms with Crippen molar-refractivity contribution in [2.75, 3.05) is 21.3 Å². The van der Waals surface area contributed by atoms with E-state index >= 15 is 0 Å². The highest BCUT2D eigenvalue weighted by Crippen LogP contribution is 2.65. The van der Waals surface area contributed by atoms with Gasteiger partial charge >= 0.3 is 7.12 Å². The molecule has 6 nitrogen and oxygen atoms in total. The van der Waals surface area contributed by atoms with Crippen LogP contribution in [-0.2, 0) is 30.3 Å². The van der Waals surface area contributed by atoms with Crippen LogP contribution in [0.25, 0.3) is 0 Å². The van der Waals surface area contributed by atoms with Gasteiger partial charge in [0.15, 0.2) is 12.6 Å². The van der Waals surface area contributed by atoms with Gasteiger partial charge in [0.1, 0.15) is 17.2 Å². The first kappa shape index (κ1) is 37.5. The Morgan fingerprint density at radius 1 is 0.417 bits per heavy atom. The lowest BCUT2D eigenvalue weighted by atomic mass is 9.47. The summed E-state index contributed by atoms with van der Waals surface area (Å²) in [5.41, 5.74) is 7.81. The Hall–Kier alpha value is -3.00. The Kier molecular flexibility index (Phi) is 8.61. The third-order valence-electron chi connectivity index (χ3n) is 19.1. The Morgan fingerprint density at radius 2 is 0.717 bits per heavy atom. The van der Waals surface area contributed by atoms with Crippen molar-refractivity contribution in [1.29, 1.82) is 0 Å². The summed E-state index contributed by atoms with van der Waals surface area (Å²) in [6, 6.07) is 20.4. The lowest BCUT2D eigenvalue weighted by Crippen LogP contribution is -2.50. The van der Waals surface area contributed by atoms with E-state index in [0.717, 1.165) is 87.1 Å². The maximum Gasteiger partial charge on any atom is 0.498 e. The van der Waals surface area contributed by atoms with E-state index in [1.54, 1.807) is 0 Å². The molecule has 2 atom stereocenters. The van der Waals surface area contributed by atoms with Gasteiger partial charge < -0.3 is 28.3 Å². The van der Waals surface area contributed by atoms with Crippen molar-refractivity contribution in [1.82, 2.24) is 0 Å². The van der Waals surface area contributed by atoms with Crippen molar-refractivity contribution >= 4 is 12.6 Å². The Balaban J connectivity index is 0.899. The summed E-state index contributed by atoms with van der Waals surface area (Å²) in [6.45, 7) is 0. The second kappa shape index (κ2) is 13.8. The van der Waals surface area contributed by atoms with E-state index in [0.29, 0.717) is 0 Å². The van der Waals surface area contributed by atoms with Gasteiger partial charge in [0.05, 0.1) is 21.3 Å². The second-order valence-electron chi connectivity index (χ2n) is 22.9. The van der Waals surface area contributed by atoms with Crippen LogP contribution >= 0.6 is 0 Å². The zero-order valence-electron chi connectivity index (χ0n) is 36.3. The Morgan fingerprint density at radius 3 is 1.03 bits per heavy atom. The number of methoxy groups -OCH3 is 3. The van der Waals surface area contributed by atoms with Crippen LogP contribution in [0.1, 0.15) is 156 Å². The van der Waals surface area contributed by atoms with Crippen molar-refractivity contribution in [3.63, 3.8) is 0 Å². The first-order valence-electron chi connectivity index (χ1n) is 24.3. The van der Waals surface area contributed by atoms with Crippen LogP contribution in [0, 0.1) is 53.3 Å². The maximum absolute atomic E-state index is 7.13. The molecule has 60 heavy (non-hydrogen) atoms. The van der Waals surface area contributed by atoms with Gasteiger partial charge in [-0.05, 0) is 226 Å². The summed E-state index contributed by atoms with van der Waals surface area (Å²) >= 11 is 0. The van der Waals surface area contributed by atoms with Crippen molar-refractivity contribution in [3.05, 3.63) is 82.4 Å². The molecule has 12 aliphatic carbocycles. The van der Waals surface area contributed by atoms with Crippen molar-refractivity contribution < 1.29 is 28.3 Å². The van der Waals surface area contributed by atoms with Gasteiger partial charge in [-0.2, -0.15) is 0 Å². The van der Waals surface area contributed by atoms with Gasteiger partial charge in [-0.3, -0.25) is 0 Å². The van der Waals surface area contributed by atoms with E-state index in [2.05, 4.69) is 54.6 Å². The van der Waals surface area contributed by atoms with Crippen LogP contribution in [0.5, 0.6) is 17.2 Å². The molecule has 13 aliphatic rings. The average molecular weight is 809 g/mol. The molecule has 0 amide bonds. The van der Waals surface area contributed by atoms with Crippen molar-refractivity contribution in [2.45, 2.75) is 144 Å². The predicted molar refractivity (Wildman–Crippen MR) is 233 cm³/mol. The van der Waals surface area contributed by atoms with E-state index in [1.807, 2.05) is 21.3 Å². The monoisotopic (exact) mass is 808 g/mol. The maximum atomic E-state index is 7.13. The molecule has 2 unspecified atom stereocenters. The predicted octanol–water partition coefficient (Wildman–Crippen LogP) is 11.3. The molecule has 0 N–H and O–H groups in total. The number of hydrogen-bond donors (Lipinski definition) is 0. The minimum Gasteiger partial charge on any atom is -0.496 e. The second-order valence-corrected chi connectivity index (χ2v) is 22.9. The number of benzene rings is 3. The first-order chi connectivity index (χ1) is 29.3. The Bertz CT molecular complexity index is 1820. The lowest BCUT2D eigenvalue weighted by Gasteiger charge is -2.57. The van der Waals surface area contributed by atoms with Crippen molar-refractivity contribution in [2.24, 2.45) is 53.3 Å². The molecule has 0 spiro atoms. The minimum absolute atomic E-state index is 0.172. The molecule has 16 rings (SSSR count). The highest BCUT2D eigenvalue weighted by Gasteiger charge is 2.56. The van der Waals surface area contributed by atoms with Crippen LogP contribution in [0.15, 0.2) is 54.6 Å². The van der Waals surface area contributed by atoms with Gasteiger partial charge in [0.25, 0.3) is 0 Å². The minimum atomic E-state index is -0.609. The Labute approximate surface area is 358 Å². The third-order valence-corrected chi connectivity index (χ3v) is 19.1. The molecule has 1 heterocycles. The van der Waals surface area contributed by atoms with Gasteiger partial charge in [-0.25, -0.2) is 0 Å². The number of hydrogen-bond acceptors (Lipinski definition) is 6. The summed E-state index contributed by atoms with van der Waals surface area (Å²) in [6.07, 6.45) is 23.0. The van der Waals surface area contributed by atoms with E-state index in [4.69, 9.17) is 28.3 Å². The number of rotatable bonds is 9. The molecule has 1 saturated heterocycles. The first-order valence-corrected chi connectivity index (χ1v) is 24.3. The normalized spacial score (nSPS) is 42.9. The zero-order valence-corrected chi connectivity index (χ0v) is 36.3. The topological polar surface area (TPSA) is 55.4 Å². The van der Waals surface area contributed by atoms with Crippen LogP contribution < -0.4 is 19.7 Å². The average Bonchev–Trinajstić information content (AvgIpc) is 3.24. The van der Waals surface area contributed by atoms with Gasteiger partial charge in [-0.15, -0.1) is 0 Å². The van der Waals surface area contributed by atoms with Crippen molar-refractivity contribution in [3.8, 4) is 17.2 Å². The highest BCUT2D eigenvalue weighted by atomic mass is 16.8. The summed E-state index contributed by atoms with van der Waals surface area (Å²) in [5.74, 6) is 10.6. The fraction of sp³-hybridized carbons (Fsp3) is 0.660. The standard InChI is InChI=1S/C53H65BO6/c1-55-46-7-4-40(19-43(46)51-22-31-10-32(23-51)12-33(11-31)24-51)49-58-50(41-5-8-47(56-2)44(20-41)52-25-34-13-35(26-52)15-36(14-34)27-52)60-54(59-49)42-6-9-48(57-3)45(21-42)53-28-37-16-38(29-53)18-39(17-37)30-53/h4-9,19-21,31-39,49-50H,10-18,22-30H2,1-3H3. The smallest absolute Gasteiger partial charge is 0.496 e. The SMILES string of the molecule is COc1ccc(B2OC(c3ccc(OC)c(C45CC6CC(CC(C6)C4)C5)c3)OC(c3ccc(OC)c(C45CC6CC(CC(C6)C4)C5)c3)O2)cc1C12CC3CC(CC(C3)C1)C2. The summed E-state index contributed by atoms with van der Waals surface area (Å²) < 4.78 is 40.0. The lowest BCUT2D eigenvalue weighted by molar-refractivity contribution is -0.242. The largest absolute Gasteiger partial charge is 0.498 e. The van der Waals surface area contributed by atoms with Crippen LogP contribution in [-0.4, -0.2) is 28.4 Å². The molecule has 12 bridgehead atoms. The summed E-state index contributed by atoms with van der Waals surface area (Å²) in [4.78, 5) is 0. The quantitative estimate of drug-likeness (QED) is 0.201. The molecule has 13 fully saturated rings. The van der Waals surface area contributed by atoms with Crippen LogP contribution in [0.2, 0.25) is 0 Å². The van der Waals surface area contributed by atoms with Gasteiger partial charge in [-0.1, -0.05) is 24.3 Å². The van der Waals surface area contributed by atoms with Crippen LogP contribution in [0.3, 0.4) is 0 Å². The molecular formula is C53H65BO6. The molecule has 316 valence electrons. The fourth-order valence-corrected chi connectivity index (χ4v) is 18.1. The molecule has 0 radical (unpaired) electrons. The molecule has 1 aliphatic heterocycles. The fourth-order valence-electron chi connectivity index (χ4n) is 18.1. The molecule has 0 aromatic heterocycles. The van der Waals surface area contributed by atoms with E-state index < -0.39 is 19.7 Å². The highest BCUT2D eigenvalue weighted by molar-refractivity contribution is 6.61. The molecule has 3 aromatic rings. The summed E-state index contributed by atoms with van der Waals surface area (Å²) in [7, 11) is 4.94. The molecule has 12 saturated carbocycles. The van der Waals surface area contributed by atoms with Gasteiger partial charge in [0, 0.05) is 22.3 Å². The summed E-state index contributed by atoms with van der Waals surface area (Å²) in [5, 5.41) is 0. The van der Waals surface area contributed by atoms with E-state index in [9.17, 15) is 0 Å². The molecule has 3 aromatic carbocycles. The molecular weight excluding hydrogens is 743 g/mol. The third kappa shape index (κ3) is 5.89. The van der Waals surface area contributed by atoms with E-state index in [-0.39, 0.29) is 16.2 Å². The molecule has 7 heteroatoms. The zero-order chi connectivity index (χ0) is 40.0. The van der Waals surface area contributed by atoms with Gasteiger partial charge in [0.2, 0.25) is 0 Å². The number of ether oxygens (including phenoxy) is 4. The van der Waals surface area contributed by atoms with E-state index in [1.165, 1.54) is 132 Å².